The van der Waals surface area contributed by atoms with Gasteiger partial charge in [0.15, 0.2) is 0 Å². The zero-order chi connectivity index (χ0) is 18.1. The van der Waals surface area contributed by atoms with E-state index < -0.39 is 53.5 Å². The molecule has 0 spiro atoms. The van der Waals surface area contributed by atoms with Crippen molar-refractivity contribution in [2.45, 2.75) is 24.5 Å². The molecule has 7 N–H and O–H groups in total. The van der Waals surface area contributed by atoms with Crippen LogP contribution in [0.15, 0.2) is 0 Å². The first-order valence-electron chi connectivity index (χ1n) is 5.67. The standard InChI is InChI=1S/C6H16NO12P3S/c1-15-20(10,11)18-21(12,13)19-22(14,23)16-2-3-4(8)5(9)6(7)17-3/h3-6,8-9H,2,7H2,1H3,(H,10,11)(H,12,13)(H,14,23)/t3-,4+,5+,6-,22?/m1/s1. The molecule has 138 valence electrons. The third-order valence-electron chi connectivity index (χ3n) is 2.44. The van der Waals surface area contributed by atoms with Crippen molar-refractivity contribution in [3.8, 4) is 0 Å². The highest BCUT2D eigenvalue weighted by Gasteiger charge is 2.43. The Hall–Kier alpha value is 0.670. The fourth-order valence-corrected chi connectivity index (χ4v) is 5.62. The molecule has 7 atom stereocenters. The van der Waals surface area contributed by atoms with Crippen molar-refractivity contribution in [3.05, 3.63) is 0 Å². The summed E-state index contributed by atoms with van der Waals surface area (Å²) in [4.78, 5) is 27.8. The summed E-state index contributed by atoms with van der Waals surface area (Å²) in [7, 11) is -9.47. The van der Waals surface area contributed by atoms with Gasteiger partial charge in [0.1, 0.15) is 24.5 Å². The molecular formula is C6H16NO12P3S. The van der Waals surface area contributed by atoms with Crippen molar-refractivity contribution >= 4 is 34.2 Å². The van der Waals surface area contributed by atoms with Crippen molar-refractivity contribution in [3.63, 3.8) is 0 Å². The van der Waals surface area contributed by atoms with Crippen LogP contribution >= 0.6 is 22.4 Å². The van der Waals surface area contributed by atoms with Crippen LogP contribution in [0, 0.1) is 0 Å². The molecule has 0 bridgehead atoms. The van der Waals surface area contributed by atoms with Crippen LogP contribution in [0.2, 0.25) is 0 Å². The van der Waals surface area contributed by atoms with Crippen molar-refractivity contribution in [2.24, 2.45) is 5.73 Å². The SMILES string of the molecule is COP(=O)(O)OP(=O)(O)OP(O)(=S)OC[C@H]1O[C@@H](N)[C@@H](O)[C@H]1O. The van der Waals surface area contributed by atoms with Gasteiger partial charge in [0.05, 0.1) is 6.61 Å². The largest absolute Gasteiger partial charge is 0.488 e. The van der Waals surface area contributed by atoms with Gasteiger partial charge in [0.25, 0.3) is 0 Å². The van der Waals surface area contributed by atoms with Crippen LogP contribution in [0.4, 0.5) is 0 Å². The van der Waals surface area contributed by atoms with E-state index >= 15 is 0 Å². The molecule has 0 saturated carbocycles. The number of aliphatic hydroxyl groups excluding tert-OH is 2. The number of rotatable bonds is 8. The van der Waals surface area contributed by atoms with E-state index in [2.05, 4.69) is 29.5 Å². The van der Waals surface area contributed by atoms with Crippen LogP contribution < -0.4 is 5.73 Å². The summed E-state index contributed by atoms with van der Waals surface area (Å²) in [6, 6.07) is 0. The summed E-state index contributed by atoms with van der Waals surface area (Å²) in [5.74, 6) is 0. The van der Waals surface area contributed by atoms with Gasteiger partial charge in [0.2, 0.25) is 0 Å². The van der Waals surface area contributed by atoms with Crippen molar-refractivity contribution in [1.82, 2.24) is 0 Å². The van der Waals surface area contributed by atoms with E-state index in [-0.39, 0.29) is 0 Å². The summed E-state index contributed by atoms with van der Waals surface area (Å²) in [5, 5.41) is 18.9. The number of nitrogens with two attached hydrogens (primary N) is 1. The highest BCUT2D eigenvalue weighted by Crippen LogP contribution is 2.67. The number of hydrogen-bond donors (Lipinski definition) is 6. The topological polar surface area (TPSA) is 207 Å². The minimum absolute atomic E-state index is 0.652. The Bertz CT molecular complexity index is 559. The highest BCUT2D eigenvalue weighted by molar-refractivity contribution is 8.08. The van der Waals surface area contributed by atoms with Crippen LogP contribution in [-0.4, -0.2) is 63.1 Å². The highest BCUT2D eigenvalue weighted by atomic mass is 32.5. The first kappa shape index (κ1) is 21.7. The normalized spacial score (nSPS) is 36.1. The Kier molecular flexibility index (Phi) is 7.47. The van der Waals surface area contributed by atoms with Gasteiger partial charge in [-0.1, -0.05) is 0 Å². The molecule has 13 nitrogen and oxygen atoms in total. The van der Waals surface area contributed by atoms with Crippen LogP contribution in [-0.2, 0) is 43.3 Å². The molecule has 1 aliphatic rings. The fourth-order valence-electron chi connectivity index (χ4n) is 1.42. The summed E-state index contributed by atoms with van der Waals surface area (Å²) < 4.78 is 43.8. The molecule has 1 fully saturated rings. The Morgan fingerprint density at radius 3 is 2.13 bits per heavy atom. The number of hydrogen-bond acceptors (Lipinski definition) is 11. The van der Waals surface area contributed by atoms with Gasteiger partial charge in [-0.3, -0.25) is 4.52 Å². The molecule has 17 heteroatoms. The summed E-state index contributed by atoms with van der Waals surface area (Å²) in [5.41, 5.74) is 5.31. The number of aliphatic hydroxyl groups is 2. The smallest absolute Gasteiger partial charge is 0.387 e. The molecule has 1 heterocycles. The number of ether oxygens (including phenoxy) is 1. The first-order chi connectivity index (χ1) is 10.3. The van der Waals surface area contributed by atoms with Gasteiger partial charge in [-0.25, -0.2) is 13.4 Å². The molecule has 0 aromatic heterocycles. The fraction of sp³-hybridized carbons (Fsp3) is 1.00. The van der Waals surface area contributed by atoms with Crippen molar-refractivity contribution in [2.75, 3.05) is 13.7 Å². The zero-order valence-corrected chi connectivity index (χ0v) is 14.9. The third kappa shape index (κ3) is 6.83. The van der Waals surface area contributed by atoms with Crippen molar-refractivity contribution < 1.29 is 56.4 Å². The quantitative estimate of drug-likeness (QED) is 0.248. The Morgan fingerprint density at radius 1 is 1.13 bits per heavy atom. The molecule has 0 aromatic carbocycles. The summed E-state index contributed by atoms with van der Waals surface area (Å²) in [6.45, 7) is -5.09. The molecule has 3 unspecified atom stereocenters. The first-order valence-corrected chi connectivity index (χ1v) is 11.3. The van der Waals surface area contributed by atoms with Crippen LogP contribution in [0.25, 0.3) is 0 Å². The summed E-state index contributed by atoms with van der Waals surface area (Å²) >= 11 is 4.42. The number of phosphoric ester groups is 1. The Balaban J connectivity index is 2.61. The van der Waals surface area contributed by atoms with E-state index in [0.717, 1.165) is 7.11 Å². The summed E-state index contributed by atoms with van der Waals surface area (Å²) in [6.07, 6.45) is -5.26. The van der Waals surface area contributed by atoms with Crippen molar-refractivity contribution in [1.29, 1.82) is 0 Å². The second kappa shape index (κ2) is 7.92. The van der Waals surface area contributed by atoms with E-state index in [1.54, 1.807) is 0 Å². The van der Waals surface area contributed by atoms with Gasteiger partial charge < -0.3 is 39.9 Å². The van der Waals surface area contributed by atoms with E-state index in [0.29, 0.717) is 0 Å². The molecule has 1 rings (SSSR count). The Morgan fingerprint density at radius 2 is 1.70 bits per heavy atom. The van der Waals surface area contributed by atoms with E-state index in [1.807, 2.05) is 0 Å². The van der Waals surface area contributed by atoms with E-state index in [9.17, 15) is 29.1 Å². The van der Waals surface area contributed by atoms with Gasteiger partial charge in [-0.05, 0) is 11.8 Å². The van der Waals surface area contributed by atoms with Gasteiger partial charge in [-0.15, -0.1) is 0 Å². The molecule has 0 amide bonds. The maximum absolute atomic E-state index is 11.4. The molecule has 0 aliphatic carbocycles. The van der Waals surface area contributed by atoms with E-state index in [4.69, 9.17) is 15.4 Å². The molecular weight excluding hydrogens is 403 g/mol. The van der Waals surface area contributed by atoms with E-state index in [1.165, 1.54) is 0 Å². The third-order valence-corrected chi connectivity index (χ3v) is 7.60. The lowest BCUT2D eigenvalue weighted by Crippen LogP contribution is -2.37. The molecule has 1 saturated heterocycles. The van der Waals surface area contributed by atoms with Crippen LogP contribution in [0.5, 0.6) is 0 Å². The number of phosphoric acid groups is 2. The van der Waals surface area contributed by atoms with Crippen LogP contribution in [0.3, 0.4) is 0 Å². The maximum Gasteiger partial charge on any atom is 0.488 e. The van der Waals surface area contributed by atoms with Crippen LogP contribution in [0.1, 0.15) is 0 Å². The average Bonchev–Trinajstić information content (AvgIpc) is 2.61. The Labute approximate surface area is 135 Å². The lowest BCUT2D eigenvalue weighted by atomic mass is 10.1. The molecule has 0 aromatic rings. The average molecular weight is 419 g/mol. The lowest BCUT2D eigenvalue weighted by molar-refractivity contribution is -0.0164. The lowest BCUT2D eigenvalue weighted by Gasteiger charge is -2.21. The van der Waals surface area contributed by atoms with Gasteiger partial charge in [-0.2, -0.15) is 4.31 Å². The van der Waals surface area contributed by atoms with Gasteiger partial charge in [0, 0.05) is 7.11 Å². The second-order valence-electron chi connectivity index (χ2n) is 4.17. The minimum Gasteiger partial charge on any atom is -0.387 e. The predicted molar refractivity (Wildman–Crippen MR) is 76.1 cm³/mol. The monoisotopic (exact) mass is 419 g/mol. The molecule has 1 aliphatic heterocycles. The maximum atomic E-state index is 11.4. The second-order valence-corrected chi connectivity index (χ2v) is 10.3. The molecule has 0 radical (unpaired) electrons. The molecule has 23 heavy (non-hydrogen) atoms. The zero-order valence-electron chi connectivity index (χ0n) is 11.4. The predicted octanol–water partition coefficient (Wildman–Crippen LogP) is -1.49. The minimum atomic E-state index is -5.30. The van der Waals surface area contributed by atoms with Gasteiger partial charge >= 0.3 is 22.4 Å².